The first-order chi connectivity index (χ1) is 15.0. The molecule has 5 heteroatoms. The van der Waals surface area contributed by atoms with Gasteiger partial charge in [0.2, 0.25) is 0 Å². The normalized spacial score (nSPS) is 15.6. The van der Waals surface area contributed by atoms with Gasteiger partial charge in [0.1, 0.15) is 11.3 Å². The van der Waals surface area contributed by atoms with Gasteiger partial charge in [-0.25, -0.2) is 4.79 Å². The predicted molar refractivity (Wildman–Crippen MR) is 123 cm³/mol. The van der Waals surface area contributed by atoms with Gasteiger partial charge >= 0.3 is 5.63 Å². The van der Waals surface area contributed by atoms with Gasteiger partial charge in [0.05, 0.1) is 5.69 Å². The summed E-state index contributed by atoms with van der Waals surface area (Å²) in [5, 5.41) is 1.97. The van der Waals surface area contributed by atoms with Crippen molar-refractivity contribution >= 4 is 21.9 Å². The second-order valence-electron chi connectivity index (χ2n) is 8.78. The van der Waals surface area contributed by atoms with Crippen molar-refractivity contribution in [1.29, 1.82) is 0 Å². The molecule has 0 amide bonds. The number of fused-ring (bicyclic) bond motifs is 2. The maximum Gasteiger partial charge on any atom is 0.336 e. The molecule has 0 bridgehead atoms. The van der Waals surface area contributed by atoms with Gasteiger partial charge < -0.3 is 8.83 Å². The maximum atomic E-state index is 12.4. The Balaban J connectivity index is 1.65. The predicted octanol–water partition coefficient (Wildman–Crippen LogP) is 5.90. The Morgan fingerprint density at radius 1 is 0.935 bits per heavy atom. The maximum absolute atomic E-state index is 12.4. The summed E-state index contributed by atoms with van der Waals surface area (Å²) in [6.45, 7) is 9.10. The van der Waals surface area contributed by atoms with Crippen molar-refractivity contribution < 1.29 is 8.83 Å². The third-order valence-electron chi connectivity index (χ3n) is 6.61. The van der Waals surface area contributed by atoms with E-state index in [-0.39, 0.29) is 5.63 Å². The highest BCUT2D eigenvalue weighted by molar-refractivity contribution is 5.97. The van der Waals surface area contributed by atoms with Gasteiger partial charge in [-0.3, -0.25) is 9.88 Å². The molecule has 0 unspecified atom stereocenters. The molecule has 4 aromatic rings. The van der Waals surface area contributed by atoms with Crippen molar-refractivity contribution in [3.05, 3.63) is 63.3 Å². The highest BCUT2D eigenvalue weighted by atomic mass is 16.4. The number of aromatic nitrogens is 1. The van der Waals surface area contributed by atoms with Crippen LogP contribution >= 0.6 is 0 Å². The van der Waals surface area contributed by atoms with Crippen molar-refractivity contribution in [2.45, 2.75) is 53.0 Å². The first kappa shape index (κ1) is 20.0. The van der Waals surface area contributed by atoms with Crippen LogP contribution in [0.4, 0.5) is 0 Å². The fourth-order valence-corrected chi connectivity index (χ4v) is 4.66. The van der Waals surface area contributed by atoms with Crippen LogP contribution in [0.15, 0.2) is 44.1 Å². The number of nitrogens with zero attached hydrogens (tertiary/aromatic N) is 2. The van der Waals surface area contributed by atoms with Gasteiger partial charge in [-0.1, -0.05) is 25.0 Å². The molecule has 0 aliphatic carbocycles. The van der Waals surface area contributed by atoms with E-state index in [4.69, 9.17) is 8.83 Å². The van der Waals surface area contributed by atoms with Gasteiger partial charge in [0.15, 0.2) is 5.58 Å². The first-order valence-corrected chi connectivity index (χ1v) is 11.2. The zero-order valence-electron chi connectivity index (χ0n) is 18.5. The zero-order valence-corrected chi connectivity index (χ0v) is 18.5. The molecule has 5 rings (SSSR count). The summed E-state index contributed by atoms with van der Waals surface area (Å²) in [5.74, 6) is 0.685. The Hall–Kier alpha value is -2.92. The van der Waals surface area contributed by atoms with Crippen molar-refractivity contribution in [2.24, 2.45) is 0 Å². The zero-order chi connectivity index (χ0) is 21.5. The monoisotopic (exact) mass is 416 g/mol. The van der Waals surface area contributed by atoms with Crippen LogP contribution in [0.3, 0.4) is 0 Å². The van der Waals surface area contributed by atoms with E-state index in [1.54, 1.807) is 0 Å². The second kappa shape index (κ2) is 7.97. The van der Waals surface area contributed by atoms with E-state index in [0.717, 1.165) is 58.4 Å². The smallest absolute Gasteiger partial charge is 0.336 e. The van der Waals surface area contributed by atoms with Gasteiger partial charge in [-0.15, -0.1) is 0 Å². The third-order valence-corrected chi connectivity index (χ3v) is 6.61. The Kier molecular flexibility index (Phi) is 5.14. The van der Waals surface area contributed by atoms with Crippen LogP contribution in [0.5, 0.6) is 0 Å². The first-order valence-electron chi connectivity index (χ1n) is 11.2. The van der Waals surface area contributed by atoms with Gasteiger partial charge in [-0.2, -0.15) is 0 Å². The number of pyridine rings is 1. The van der Waals surface area contributed by atoms with Crippen LogP contribution in [0.2, 0.25) is 0 Å². The molecule has 0 spiro atoms. The van der Waals surface area contributed by atoms with Gasteiger partial charge in [0, 0.05) is 35.1 Å². The molecule has 31 heavy (non-hydrogen) atoms. The van der Waals surface area contributed by atoms with Crippen molar-refractivity contribution in [3.8, 4) is 11.3 Å². The number of hydrogen-bond acceptors (Lipinski definition) is 5. The number of rotatable bonds is 3. The molecular weight excluding hydrogens is 388 g/mol. The van der Waals surface area contributed by atoms with E-state index in [1.807, 2.05) is 33.0 Å². The van der Waals surface area contributed by atoms with Crippen LogP contribution in [0.1, 0.15) is 48.1 Å². The number of benzene rings is 1. The van der Waals surface area contributed by atoms with E-state index in [9.17, 15) is 4.79 Å². The topological polar surface area (TPSA) is 59.5 Å². The molecule has 4 heterocycles. The molecule has 1 aliphatic heterocycles. The van der Waals surface area contributed by atoms with Crippen LogP contribution in [-0.4, -0.2) is 23.0 Å². The lowest BCUT2D eigenvalue weighted by molar-refractivity contribution is 0.277. The van der Waals surface area contributed by atoms with Crippen LogP contribution in [-0.2, 0) is 6.54 Å². The molecule has 3 aromatic heterocycles. The van der Waals surface area contributed by atoms with E-state index in [0.29, 0.717) is 11.3 Å². The SMILES string of the molecule is Cc1ccc2c(-c3cc4c(CN5CCCCCC5)cnc(C)c4o3)cc(=O)oc2c1C. The lowest BCUT2D eigenvalue weighted by atomic mass is 10.0. The average molecular weight is 417 g/mol. The summed E-state index contributed by atoms with van der Waals surface area (Å²) in [6.07, 6.45) is 7.12. The largest absolute Gasteiger partial charge is 0.454 e. The highest BCUT2D eigenvalue weighted by Crippen LogP contribution is 2.35. The number of hydrogen-bond donors (Lipinski definition) is 0. The molecular formula is C26H28N2O3. The molecule has 1 fully saturated rings. The minimum atomic E-state index is -0.365. The summed E-state index contributed by atoms with van der Waals surface area (Å²) >= 11 is 0. The molecule has 1 saturated heterocycles. The van der Waals surface area contributed by atoms with E-state index >= 15 is 0 Å². The second-order valence-corrected chi connectivity index (χ2v) is 8.78. The number of aryl methyl sites for hydroxylation is 3. The lowest BCUT2D eigenvalue weighted by Crippen LogP contribution is -2.24. The molecule has 0 atom stereocenters. The highest BCUT2D eigenvalue weighted by Gasteiger charge is 2.19. The Morgan fingerprint density at radius 3 is 2.48 bits per heavy atom. The molecule has 5 nitrogen and oxygen atoms in total. The lowest BCUT2D eigenvalue weighted by Gasteiger charge is -2.20. The molecule has 0 radical (unpaired) electrons. The average Bonchev–Trinajstić information content (AvgIpc) is 3.05. The van der Waals surface area contributed by atoms with Crippen LogP contribution < -0.4 is 5.63 Å². The van der Waals surface area contributed by atoms with Crippen LogP contribution in [0.25, 0.3) is 33.3 Å². The molecule has 0 saturated carbocycles. The van der Waals surface area contributed by atoms with Crippen molar-refractivity contribution in [2.75, 3.05) is 13.1 Å². The van der Waals surface area contributed by atoms with Gasteiger partial charge in [0.25, 0.3) is 0 Å². The standard InChI is InChI=1S/C26H28N2O3/c1-16-8-9-20-22(13-24(29)31-25(20)17(16)2)23-12-21-19(14-27-18(3)26(21)30-23)15-28-10-6-4-5-7-11-28/h8-9,12-14H,4-7,10-11,15H2,1-3H3. The Bertz CT molecular complexity index is 1320. The third kappa shape index (κ3) is 3.68. The minimum Gasteiger partial charge on any atom is -0.454 e. The molecule has 1 aromatic carbocycles. The summed E-state index contributed by atoms with van der Waals surface area (Å²) in [5.41, 5.74) is 5.94. The Labute approximate surface area is 181 Å². The number of likely N-dealkylation sites (tertiary alicyclic amines) is 1. The quantitative estimate of drug-likeness (QED) is 0.389. The fourth-order valence-electron chi connectivity index (χ4n) is 4.66. The van der Waals surface area contributed by atoms with Crippen LogP contribution in [0, 0.1) is 20.8 Å². The van der Waals surface area contributed by atoms with Gasteiger partial charge in [-0.05, 0) is 69.5 Å². The molecule has 0 N–H and O–H groups in total. The van der Waals surface area contributed by atoms with E-state index in [2.05, 4.69) is 22.0 Å². The summed E-state index contributed by atoms with van der Waals surface area (Å²) in [6, 6.07) is 7.67. The van der Waals surface area contributed by atoms with Crippen molar-refractivity contribution in [3.63, 3.8) is 0 Å². The Morgan fingerprint density at radius 2 is 1.71 bits per heavy atom. The summed E-state index contributed by atoms with van der Waals surface area (Å²) in [7, 11) is 0. The minimum absolute atomic E-state index is 0.365. The molecule has 160 valence electrons. The number of furan rings is 1. The molecule has 1 aliphatic rings. The summed E-state index contributed by atoms with van der Waals surface area (Å²) in [4.78, 5) is 19.5. The van der Waals surface area contributed by atoms with E-state index < -0.39 is 0 Å². The summed E-state index contributed by atoms with van der Waals surface area (Å²) < 4.78 is 11.9. The fraction of sp³-hybridized carbons (Fsp3) is 0.385. The van der Waals surface area contributed by atoms with Crippen molar-refractivity contribution in [1.82, 2.24) is 9.88 Å². The van der Waals surface area contributed by atoms with E-state index in [1.165, 1.54) is 37.3 Å².